The first kappa shape index (κ1) is 15.6. The van der Waals surface area contributed by atoms with Gasteiger partial charge in [-0.2, -0.15) is 0 Å². The zero-order valence-electron chi connectivity index (χ0n) is 12.8. The largest absolute Gasteiger partial charge is 0.490 e. The molecular formula is C16H24N2O3. The second-order valence-corrected chi connectivity index (χ2v) is 5.11. The predicted molar refractivity (Wildman–Crippen MR) is 82.1 cm³/mol. The second kappa shape index (κ2) is 7.88. The van der Waals surface area contributed by atoms with Crippen molar-refractivity contribution in [1.29, 1.82) is 0 Å². The predicted octanol–water partition coefficient (Wildman–Crippen LogP) is 1.97. The molecule has 1 heterocycles. The van der Waals surface area contributed by atoms with E-state index in [1.54, 1.807) is 12.1 Å². The van der Waals surface area contributed by atoms with Gasteiger partial charge in [0.1, 0.15) is 0 Å². The minimum atomic E-state index is -0.0632. The topological polar surface area (TPSA) is 59.6 Å². The van der Waals surface area contributed by atoms with Crippen LogP contribution in [-0.2, 0) is 0 Å². The first-order chi connectivity index (χ1) is 10.2. The number of carbonyl (C=O) groups is 1. The van der Waals surface area contributed by atoms with Gasteiger partial charge in [-0.1, -0.05) is 6.92 Å². The van der Waals surface area contributed by atoms with Crippen LogP contribution in [0, 0.1) is 0 Å². The number of ether oxygens (including phenoxy) is 2. The highest BCUT2D eigenvalue weighted by atomic mass is 16.5. The van der Waals surface area contributed by atoms with Crippen molar-refractivity contribution in [3.05, 3.63) is 23.8 Å². The zero-order valence-corrected chi connectivity index (χ0v) is 12.8. The van der Waals surface area contributed by atoms with Crippen molar-refractivity contribution in [2.75, 3.05) is 26.3 Å². The van der Waals surface area contributed by atoms with Crippen LogP contribution in [0.15, 0.2) is 18.2 Å². The number of benzene rings is 1. The average Bonchev–Trinajstić information content (AvgIpc) is 2.99. The lowest BCUT2D eigenvalue weighted by Crippen LogP contribution is -2.36. The summed E-state index contributed by atoms with van der Waals surface area (Å²) in [5, 5.41) is 6.26. The summed E-state index contributed by atoms with van der Waals surface area (Å²) in [6.45, 7) is 6.94. The maximum Gasteiger partial charge on any atom is 0.251 e. The van der Waals surface area contributed by atoms with E-state index in [0.717, 1.165) is 25.9 Å². The summed E-state index contributed by atoms with van der Waals surface area (Å²) in [5.74, 6) is 1.26. The van der Waals surface area contributed by atoms with Crippen molar-refractivity contribution in [1.82, 2.24) is 10.6 Å². The van der Waals surface area contributed by atoms with Gasteiger partial charge in [-0.15, -0.1) is 0 Å². The second-order valence-electron chi connectivity index (χ2n) is 5.11. The summed E-state index contributed by atoms with van der Waals surface area (Å²) in [5.41, 5.74) is 0.606. The maximum atomic E-state index is 12.2. The Morgan fingerprint density at radius 3 is 2.86 bits per heavy atom. The van der Waals surface area contributed by atoms with Gasteiger partial charge >= 0.3 is 0 Å². The molecule has 1 aliphatic rings. The molecule has 21 heavy (non-hydrogen) atoms. The van der Waals surface area contributed by atoms with Crippen molar-refractivity contribution in [2.45, 2.75) is 32.7 Å². The van der Waals surface area contributed by atoms with Gasteiger partial charge in [0, 0.05) is 18.2 Å². The van der Waals surface area contributed by atoms with Crippen LogP contribution in [0.4, 0.5) is 0 Å². The van der Waals surface area contributed by atoms with Crippen LogP contribution in [0.5, 0.6) is 11.5 Å². The maximum absolute atomic E-state index is 12.2. The van der Waals surface area contributed by atoms with E-state index in [1.165, 1.54) is 0 Å². The fourth-order valence-corrected chi connectivity index (χ4v) is 2.30. The molecule has 5 heteroatoms. The van der Waals surface area contributed by atoms with E-state index in [1.807, 2.05) is 13.0 Å². The van der Waals surface area contributed by atoms with Gasteiger partial charge in [-0.3, -0.25) is 4.79 Å². The Labute approximate surface area is 126 Å². The third kappa shape index (κ3) is 4.36. The number of amides is 1. The lowest BCUT2D eigenvalue weighted by atomic mass is 10.1. The molecule has 0 radical (unpaired) electrons. The molecule has 116 valence electrons. The molecule has 1 unspecified atom stereocenters. The minimum Gasteiger partial charge on any atom is -0.490 e. The fraction of sp³-hybridized carbons (Fsp3) is 0.562. The molecule has 1 fully saturated rings. The Morgan fingerprint density at radius 2 is 2.19 bits per heavy atom. The van der Waals surface area contributed by atoms with Gasteiger partial charge in [0.25, 0.3) is 5.91 Å². The van der Waals surface area contributed by atoms with Gasteiger partial charge < -0.3 is 20.1 Å². The van der Waals surface area contributed by atoms with Crippen LogP contribution in [0.3, 0.4) is 0 Å². The quantitative estimate of drug-likeness (QED) is 0.806. The van der Waals surface area contributed by atoms with Crippen molar-refractivity contribution in [3.8, 4) is 11.5 Å². The lowest BCUT2D eigenvalue weighted by Gasteiger charge is -2.14. The summed E-state index contributed by atoms with van der Waals surface area (Å²) < 4.78 is 11.2. The van der Waals surface area contributed by atoms with Gasteiger partial charge in [0.2, 0.25) is 0 Å². The van der Waals surface area contributed by atoms with E-state index in [-0.39, 0.29) is 11.9 Å². The fourth-order valence-electron chi connectivity index (χ4n) is 2.30. The molecule has 1 aromatic carbocycles. The van der Waals surface area contributed by atoms with Gasteiger partial charge in [0.15, 0.2) is 11.5 Å². The van der Waals surface area contributed by atoms with Crippen molar-refractivity contribution < 1.29 is 14.3 Å². The molecule has 2 N–H and O–H groups in total. The standard InChI is InChI=1S/C16H24N2O3/c1-3-9-21-14-6-5-12(10-15(14)20-4-2)16(19)18-13-7-8-17-11-13/h5-6,10,13,17H,3-4,7-9,11H2,1-2H3,(H,18,19). The Balaban J connectivity index is 2.08. The van der Waals surface area contributed by atoms with Crippen LogP contribution in [-0.4, -0.2) is 38.3 Å². The minimum absolute atomic E-state index is 0.0632. The van der Waals surface area contributed by atoms with E-state index in [2.05, 4.69) is 17.6 Å². The normalized spacial score (nSPS) is 17.5. The Hall–Kier alpha value is -1.75. The number of rotatable bonds is 7. The first-order valence-electron chi connectivity index (χ1n) is 7.65. The lowest BCUT2D eigenvalue weighted by molar-refractivity contribution is 0.0939. The van der Waals surface area contributed by atoms with E-state index in [0.29, 0.717) is 30.3 Å². The van der Waals surface area contributed by atoms with Crippen LogP contribution >= 0.6 is 0 Å². The average molecular weight is 292 g/mol. The van der Waals surface area contributed by atoms with E-state index in [9.17, 15) is 4.79 Å². The van der Waals surface area contributed by atoms with E-state index < -0.39 is 0 Å². The SMILES string of the molecule is CCCOc1ccc(C(=O)NC2CCNC2)cc1OCC. The van der Waals surface area contributed by atoms with Gasteiger partial charge in [-0.25, -0.2) is 0 Å². The molecule has 1 atom stereocenters. The third-order valence-electron chi connectivity index (χ3n) is 3.36. The van der Waals surface area contributed by atoms with Gasteiger partial charge in [0.05, 0.1) is 13.2 Å². The molecule has 0 spiro atoms. The Bertz CT molecular complexity index is 471. The van der Waals surface area contributed by atoms with Gasteiger partial charge in [-0.05, 0) is 44.5 Å². The molecule has 1 amide bonds. The van der Waals surface area contributed by atoms with Crippen molar-refractivity contribution in [2.24, 2.45) is 0 Å². The van der Waals surface area contributed by atoms with Crippen LogP contribution < -0.4 is 20.1 Å². The molecule has 1 saturated heterocycles. The molecule has 2 rings (SSSR count). The molecule has 0 aromatic heterocycles. The third-order valence-corrected chi connectivity index (χ3v) is 3.36. The number of hydrogen-bond donors (Lipinski definition) is 2. The summed E-state index contributed by atoms with van der Waals surface area (Å²) in [7, 11) is 0. The highest BCUT2D eigenvalue weighted by Crippen LogP contribution is 2.28. The van der Waals surface area contributed by atoms with Crippen molar-refractivity contribution in [3.63, 3.8) is 0 Å². The molecule has 5 nitrogen and oxygen atoms in total. The van der Waals surface area contributed by atoms with E-state index >= 15 is 0 Å². The summed E-state index contributed by atoms with van der Waals surface area (Å²) in [4.78, 5) is 12.2. The van der Waals surface area contributed by atoms with E-state index in [4.69, 9.17) is 9.47 Å². The first-order valence-corrected chi connectivity index (χ1v) is 7.65. The zero-order chi connectivity index (χ0) is 15.1. The highest BCUT2D eigenvalue weighted by Gasteiger charge is 2.18. The summed E-state index contributed by atoms with van der Waals surface area (Å²) >= 11 is 0. The Kier molecular flexibility index (Phi) is 5.87. The molecule has 1 aliphatic heterocycles. The number of nitrogens with one attached hydrogen (secondary N) is 2. The van der Waals surface area contributed by atoms with Crippen molar-refractivity contribution >= 4 is 5.91 Å². The molecular weight excluding hydrogens is 268 g/mol. The summed E-state index contributed by atoms with van der Waals surface area (Å²) in [6, 6.07) is 5.56. The van der Waals surface area contributed by atoms with Crippen LogP contribution in [0.25, 0.3) is 0 Å². The smallest absolute Gasteiger partial charge is 0.251 e. The number of carbonyl (C=O) groups excluding carboxylic acids is 1. The van der Waals surface area contributed by atoms with Crippen LogP contribution in [0.1, 0.15) is 37.0 Å². The van der Waals surface area contributed by atoms with Crippen LogP contribution in [0.2, 0.25) is 0 Å². The monoisotopic (exact) mass is 292 g/mol. The Morgan fingerprint density at radius 1 is 1.33 bits per heavy atom. The highest BCUT2D eigenvalue weighted by molar-refractivity contribution is 5.95. The molecule has 0 saturated carbocycles. The molecule has 1 aromatic rings. The summed E-state index contributed by atoms with van der Waals surface area (Å²) in [6.07, 6.45) is 1.91. The number of hydrogen-bond acceptors (Lipinski definition) is 4. The molecule has 0 bridgehead atoms. The molecule has 0 aliphatic carbocycles.